The lowest BCUT2D eigenvalue weighted by molar-refractivity contribution is 1.07. The predicted octanol–water partition coefficient (Wildman–Crippen LogP) is 2.12. The van der Waals surface area contributed by atoms with E-state index in [-0.39, 0.29) is 0 Å². The van der Waals surface area contributed by atoms with E-state index in [1.54, 1.807) is 6.33 Å². The largest absolute Gasteiger partial charge is 0.365 e. The Morgan fingerprint density at radius 3 is 3.12 bits per heavy atom. The fourth-order valence-corrected chi connectivity index (χ4v) is 1.36. The van der Waals surface area contributed by atoms with Gasteiger partial charge in [0.1, 0.15) is 11.8 Å². The highest BCUT2D eigenvalue weighted by Gasteiger charge is 2.03. The monoisotopic (exact) mass is 217 g/mol. The van der Waals surface area contributed by atoms with E-state index in [0.29, 0.717) is 0 Å². The lowest BCUT2D eigenvalue weighted by Crippen LogP contribution is -2.02. The third-order valence-corrected chi connectivity index (χ3v) is 2.49. The van der Waals surface area contributed by atoms with Crippen molar-refractivity contribution in [3.63, 3.8) is 0 Å². The molecule has 0 fully saturated rings. The van der Waals surface area contributed by atoms with E-state index in [2.05, 4.69) is 45.2 Å². The molecule has 0 aromatic carbocycles. The number of hydrogen-bond acceptors (Lipinski definition) is 4. The SMILES string of the molecule is CC/C(C)=C\CNc1ncnc2[nH]cnc12. The molecule has 0 radical (unpaired) electrons. The van der Waals surface area contributed by atoms with Gasteiger partial charge in [0.15, 0.2) is 11.5 Å². The molecule has 2 rings (SSSR count). The first-order valence-electron chi connectivity index (χ1n) is 5.35. The van der Waals surface area contributed by atoms with Crippen LogP contribution in [0.1, 0.15) is 20.3 Å². The van der Waals surface area contributed by atoms with Gasteiger partial charge < -0.3 is 10.3 Å². The molecule has 2 N–H and O–H groups in total. The summed E-state index contributed by atoms with van der Waals surface area (Å²) >= 11 is 0. The van der Waals surface area contributed by atoms with Crippen LogP contribution in [0, 0.1) is 0 Å². The highest BCUT2D eigenvalue weighted by atomic mass is 15.1. The van der Waals surface area contributed by atoms with Crippen molar-refractivity contribution in [1.82, 2.24) is 19.9 Å². The summed E-state index contributed by atoms with van der Waals surface area (Å²) in [4.78, 5) is 15.4. The zero-order valence-electron chi connectivity index (χ0n) is 9.49. The summed E-state index contributed by atoms with van der Waals surface area (Å²) in [6, 6.07) is 0. The molecule has 2 aromatic rings. The zero-order valence-corrected chi connectivity index (χ0v) is 9.49. The van der Waals surface area contributed by atoms with Gasteiger partial charge in [-0.1, -0.05) is 18.6 Å². The van der Waals surface area contributed by atoms with Crippen molar-refractivity contribution in [2.75, 3.05) is 11.9 Å². The molecule has 0 atom stereocenters. The Hall–Kier alpha value is -1.91. The van der Waals surface area contributed by atoms with Crippen molar-refractivity contribution in [2.24, 2.45) is 0 Å². The number of rotatable bonds is 4. The van der Waals surface area contributed by atoms with E-state index in [9.17, 15) is 0 Å². The average molecular weight is 217 g/mol. The Bertz CT molecular complexity index is 500. The molecule has 0 unspecified atom stereocenters. The number of aromatic amines is 1. The summed E-state index contributed by atoms with van der Waals surface area (Å²) in [7, 11) is 0. The van der Waals surface area contributed by atoms with E-state index in [0.717, 1.165) is 29.9 Å². The second kappa shape index (κ2) is 4.74. The molecule has 0 saturated heterocycles. The van der Waals surface area contributed by atoms with Gasteiger partial charge in [0.05, 0.1) is 6.33 Å². The Labute approximate surface area is 94.0 Å². The van der Waals surface area contributed by atoms with Crippen LogP contribution in [-0.2, 0) is 0 Å². The number of hydrogen-bond donors (Lipinski definition) is 2. The van der Waals surface area contributed by atoms with Crippen LogP contribution in [0.4, 0.5) is 5.82 Å². The van der Waals surface area contributed by atoms with Crippen LogP contribution in [0.3, 0.4) is 0 Å². The van der Waals surface area contributed by atoms with Gasteiger partial charge in [-0.2, -0.15) is 0 Å². The second-order valence-electron chi connectivity index (χ2n) is 3.61. The van der Waals surface area contributed by atoms with Gasteiger partial charge in [0.25, 0.3) is 0 Å². The number of anilines is 1. The van der Waals surface area contributed by atoms with E-state index in [1.165, 1.54) is 11.9 Å². The lowest BCUT2D eigenvalue weighted by Gasteiger charge is -2.03. The quantitative estimate of drug-likeness (QED) is 0.770. The van der Waals surface area contributed by atoms with Crippen molar-refractivity contribution in [3.8, 4) is 0 Å². The highest BCUT2D eigenvalue weighted by molar-refractivity contribution is 5.81. The van der Waals surface area contributed by atoms with Crippen molar-refractivity contribution in [2.45, 2.75) is 20.3 Å². The van der Waals surface area contributed by atoms with Gasteiger partial charge >= 0.3 is 0 Å². The molecule has 84 valence electrons. The Morgan fingerprint density at radius 1 is 1.44 bits per heavy atom. The van der Waals surface area contributed by atoms with Crippen LogP contribution in [0.2, 0.25) is 0 Å². The average Bonchev–Trinajstić information content (AvgIpc) is 2.77. The minimum atomic E-state index is 0.758. The van der Waals surface area contributed by atoms with Gasteiger partial charge in [-0.05, 0) is 13.3 Å². The van der Waals surface area contributed by atoms with Crippen molar-refractivity contribution >= 4 is 17.0 Å². The summed E-state index contributed by atoms with van der Waals surface area (Å²) in [5, 5.41) is 3.23. The lowest BCUT2D eigenvalue weighted by atomic mass is 10.2. The van der Waals surface area contributed by atoms with E-state index < -0.39 is 0 Å². The van der Waals surface area contributed by atoms with Crippen LogP contribution in [0.5, 0.6) is 0 Å². The van der Waals surface area contributed by atoms with E-state index in [1.807, 2.05) is 0 Å². The molecule has 0 amide bonds. The molecule has 5 heteroatoms. The first-order chi connectivity index (χ1) is 7.81. The number of imidazole rings is 1. The summed E-state index contributed by atoms with van der Waals surface area (Å²) < 4.78 is 0. The van der Waals surface area contributed by atoms with Crippen molar-refractivity contribution in [3.05, 3.63) is 24.3 Å². The molecule has 2 aromatic heterocycles. The van der Waals surface area contributed by atoms with Crippen LogP contribution in [0.25, 0.3) is 11.2 Å². The van der Waals surface area contributed by atoms with Crippen LogP contribution in [-0.4, -0.2) is 26.5 Å². The Kier molecular flexibility index (Phi) is 3.14. The Balaban J connectivity index is 2.12. The van der Waals surface area contributed by atoms with E-state index >= 15 is 0 Å². The number of nitrogens with one attached hydrogen (secondary N) is 2. The summed E-state index contributed by atoms with van der Waals surface area (Å²) in [5.74, 6) is 0.770. The number of nitrogens with zero attached hydrogens (tertiary/aromatic N) is 3. The standard InChI is InChI=1S/C11H15N5/c1-3-8(2)4-5-12-10-9-11(14-6-13-9)16-7-15-10/h4,6-7H,3,5H2,1-2H3,(H2,12,13,14,15,16)/b8-4-. The fraction of sp³-hybridized carbons (Fsp3) is 0.364. The number of H-pyrrole nitrogens is 1. The smallest absolute Gasteiger partial charge is 0.162 e. The second-order valence-corrected chi connectivity index (χ2v) is 3.61. The first kappa shape index (κ1) is 10.6. The number of allylic oxidation sites excluding steroid dienone is 1. The number of fused-ring (bicyclic) bond motifs is 1. The van der Waals surface area contributed by atoms with Gasteiger partial charge in [-0.15, -0.1) is 0 Å². The fourth-order valence-electron chi connectivity index (χ4n) is 1.36. The maximum Gasteiger partial charge on any atom is 0.162 e. The number of aromatic nitrogens is 4. The highest BCUT2D eigenvalue weighted by Crippen LogP contribution is 2.13. The molecule has 16 heavy (non-hydrogen) atoms. The molecule has 0 saturated carbocycles. The minimum Gasteiger partial charge on any atom is -0.365 e. The van der Waals surface area contributed by atoms with Crippen molar-refractivity contribution < 1.29 is 0 Å². The van der Waals surface area contributed by atoms with Gasteiger partial charge in [-0.3, -0.25) is 0 Å². The molecular formula is C11H15N5. The topological polar surface area (TPSA) is 66.5 Å². The van der Waals surface area contributed by atoms with Crippen LogP contribution < -0.4 is 5.32 Å². The molecule has 0 aliphatic rings. The molecule has 0 bridgehead atoms. The maximum atomic E-state index is 4.17. The van der Waals surface area contributed by atoms with Gasteiger partial charge in [0.2, 0.25) is 0 Å². The van der Waals surface area contributed by atoms with E-state index in [4.69, 9.17) is 0 Å². The van der Waals surface area contributed by atoms with Gasteiger partial charge in [-0.25, -0.2) is 15.0 Å². The van der Waals surface area contributed by atoms with Gasteiger partial charge in [0, 0.05) is 6.54 Å². The first-order valence-corrected chi connectivity index (χ1v) is 5.35. The van der Waals surface area contributed by atoms with Crippen molar-refractivity contribution in [1.29, 1.82) is 0 Å². The normalized spacial score (nSPS) is 12.0. The molecule has 5 nitrogen and oxygen atoms in total. The Morgan fingerprint density at radius 2 is 2.31 bits per heavy atom. The molecule has 0 aliphatic heterocycles. The van der Waals surface area contributed by atoms with Crippen LogP contribution >= 0.6 is 0 Å². The minimum absolute atomic E-state index is 0.758. The molecular weight excluding hydrogens is 202 g/mol. The molecule has 2 heterocycles. The third-order valence-electron chi connectivity index (χ3n) is 2.49. The summed E-state index contributed by atoms with van der Waals surface area (Å²) in [5.41, 5.74) is 2.90. The predicted molar refractivity (Wildman–Crippen MR) is 64.2 cm³/mol. The van der Waals surface area contributed by atoms with Crippen LogP contribution in [0.15, 0.2) is 24.3 Å². The molecule has 0 aliphatic carbocycles. The zero-order chi connectivity index (χ0) is 11.4. The maximum absolute atomic E-state index is 4.17. The third kappa shape index (κ3) is 2.18. The summed E-state index contributed by atoms with van der Waals surface area (Å²) in [6.45, 7) is 5.02. The summed E-state index contributed by atoms with van der Waals surface area (Å²) in [6.07, 6.45) is 6.38. The molecule has 0 spiro atoms.